The first-order valence-corrected chi connectivity index (χ1v) is 9.85. The molecule has 0 heterocycles. The third-order valence-electron chi connectivity index (χ3n) is 4.09. The number of nitrogens with one attached hydrogen (secondary N) is 3. The number of benzene rings is 3. The molecule has 3 N–H and O–H groups in total. The van der Waals surface area contributed by atoms with E-state index in [0.29, 0.717) is 22.4 Å². The Morgan fingerprint density at radius 2 is 1.41 bits per heavy atom. The minimum atomic E-state index is -0.458. The summed E-state index contributed by atoms with van der Waals surface area (Å²) in [6, 6.07) is 20.7. The fourth-order valence-electron chi connectivity index (χ4n) is 2.59. The SMILES string of the molecule is Cc1cccc(C(=O)Nc2ccc(C(=O)NNC(=O)c3ccccc3I)cc2)c1. The van der Waals surface area contributed by atoms with E-state index in [1.54, 1.807) is 54.6 Å². The largest absolute Gasteiger partial charge is 0.322 e. The highest BCUT2D eigenvalue weighted by Crippen LogP contribution is 2.13. The van der Waals surface area contributed by atoms with Crippen LogP contribution < -0.4 is 16.2 Å². The third kappa shape index (κ3) is 5.41. The van der Waals surface area contributed by atoms with Gasteiger partial charge in [0.15, 0.2) is 0 Å². The number of carbonyl (C=O) groups excluding carboxylic acids is 3. The van der Waals surface area contributed by atoms with Crippen LogP contribution in [0.25, 0.3) is 0 Å². The lowest BCUT2D eigenvalue weighted by molar-refractivity contribution is 0.0846. The van der Waals surface area contributed by atoms with Crippen molar-refractivity contribution in [1.29, 1.82) is 0 Å². The van der Waals surface area contributed by atoms with Gasteiger partial charge in [-0.2, -0.15) is 0 Å². The summed E-state index contributed by atoms with van der Waals surface area (Å²) in [7, 11) is 0. The molecule has 0 aliphatic rings. The molecular formula is C22H18IN3O3. The van der Waals surface area contributed by atoms with Gasteiger partial charge in [-0.15, -0.1) is 0 Å². The predicted octanol–water partition coefficient (Wildman–Crippen LogP) is 3.93. The normalized spacial score (nSPS) is 10.1. The maximum atomic E-state index is 12.3. The standard InChI is InChI=1S/C22H18IN3O3/c1-14-5-4-6-16(13-14)20(27)24-17-11-9-15(10-12-17)21(28)25-26-22(29)18-7-2-3-8-19(18)23/h2-13H,1H3,(H,24,27)(H,25,28)(H,26,29). The van der Waals surface area contributed by atoms with Crippen LogP contribution in [0.4, 0.5) is 5.69 Å². The molecule has 0 atom stereocenters. The number of halogens is 1. The zero-order valence-corrected chi connectivity index (χ0v) is 17.7. The van der Waals surface area contributed by atoms with Crippen LogP contribution in [-0.2, 0) is 0 Å². The van der Waals surface area contributed by atoms with Gasteiger partial charge < -0.3 is 5.32 Å². The fourth-order valence-corrected chi connectivity index (χ4v) is 3.23. The fraction of sp³-hybridized carbons (Fsp3) is 0.0455. The van der Waals surface area contributed by atoms with Crippen molar-refractivity contribution >= 4 is 46.0 Å². The molecule has 7 heteroatoms. The van der Waals surface area contributed by atoms with Gasteiger partial charge in [0.2, 0.25) is 0 Å². The van der Waals surface area contributed by atoms with E-state index in [4.69, 9.17) is 0 Å². The number of hydrazine groups is 1. The number of hydrogen-bond acceptors (Lipinski definition) is 3. The summed E-state index contributed by atoms with van der Waals surface area (Å²) >= 11 is 2.06. The Morgan fingerprint density at radius 3 is 2.10 bits per heavy atom. The molecule has 3 rings (SSSR count). The zero-order valence-electron chi connectivity index (χ0n) is 15.5. The minimum Gasteiger partial charge on any atom is -0.322 e. The molecular weight excluding hydrogens is 481 g/mol. The summed E-state index contributed by atoms with van der Waals surface area (Å²) in [5.41, 5.74) is 7.73. The molecule has 0 saturated carbocycles. The van der Waals surface area contributed by atoms with Crippen molar-refractivity contribution in [1.82, 2.24) is 10.9 Å². The molecule has 3 amide bonds. The average molecular weight is 499 g/mol. The number of anilines is 1. The van der Waals surface area contributed by atoms with E-state index < -0.39 is 11.8 Å². The molecule has 0 aromatic heterocycles. The van der Waals surface area contributed by atoms with Crippen molar-refractivity contribution in [3.05, 3.63) is 98.6 Å². The first-order chi connectivity index (χ1) is 13.9. The molecule has 0 bridgehead atoms. The van der Waals surface area contributed by atoms with E-state index in [-0.39, 0.29) is 5.91 Å². The molecule has 0 fully saturated rings. The highest BCUT2D eigenvalue weighted by atomic mass is 127. The highest BCUT2D eigenvalue weighted by molar-refractivity contribution is 14.1. The van der Waals surface area contributed by atoms with Gasteiger partial charge in [0.05, 0.1) is 5.56 Å². The topological polar surface area (TPSA) is 87.3 Å². The average Bonchev–Trinajstić information content (AvgIpc) is 2.72. The van der Waals surface area contributed by atoms with Crippen LogP contribution in [0.5, 0.6) is 0 Å². The van der Waals surface area contributed by atoms with Crippen molar-refractivity contribution < 1.29 is 14.4 Å². The summed E-state index contributed by atoms with van der Waals surface area (Å²) in [6.07, 6.45) is 0. The van der Waals surface area contributed by atoms with E-state index >= 15 is 0 Å². The van der Waals surface area contributed by atoms with Gasteiger partial charge in [-0.05, 0) is 78.0 Å². The molecule has 3 aromatic rings. The van der Waals surface area contributed by atoms with Crippen molar-refractivity contribution in [2.24, 2.45) is 0 Å². The van der Waals surface area contributed by atoms with E-state index in [2.05, 4.69) is 38.8 Å². The second kappa shape index (κ2) is 9.33. The van der Waals surface area contributed by atoms with Crippen LogP contribution in [0.15, 0.2) is 72.8 Å². The predicted molar refractivity (Wildman–Crippen MR) is 120 cm³/mol. The lowest BCUT2D eigenvalue weighted by Crippen LogP contribution is -2.41. The lowest BCUT2D eigenvalue weighted by Gasteiger charge is -2.10. The second-order valence-electron chi connectivity index (χ2n) is 6.29. The van der Waals surface area contributed by atoms with Crippen LogP contribution >= 0.6 is 22.6 Å². The quantitative estimate of drug-likeness (QED) is 0.376. The summed E-state index contributed by atoms with van der Waals surface area (Å²) in [4.78, 5) is 36.7. The Kier molecular flexibility index (Phi) is 6.61. The molecule has 29 heavy (non-hydrogen) atoms. The van der Waals surface area contributed by atoms with Gasteiger partial charge in [0, 0.05) is 20.4 Å². The molecule has 0 aliphatic carbocycles. The van der Waals surface area contributed by atoms with Gasteiger partial charge in [-0.3, -0.25) is 25.2 Å². The van der Waals surface area contributed by atoms with Gasteiger partial charge in [-0.1, -0.05) is 29.8 Å². The van der Waals surface area contributed by atoms with Crippen molar-refractivity contribution in [2.75, 3.05) is 5.32 Å². The maximum Gasteiger partial charge on any atom is 0.270 e. The molecule has 3 aromatic carbocycles. The van der Waals surface area contributed by atoms with Gasteiger partial charge >= 0.3 is 0 Å². The Labute approximate surface area is 181 Å². The van der Waals surface area contributed by atoms with Crippen molar-refractivity contribution in [2.45, 2.75) is 6.92 Å². The third-order valence-corrected chi connectivity index (χ3v) is 5.03. The number of rotatable bonds is 4. The number of amides is 3. The molecule has 0 radical (unpaired) electrons. The molecule has 0 saturated heterocycles. The number of hydrogen-bond donors (Lipinski definition) is 3. The Morgan fingerprint density at radius 1 is 0.724 bits per heavy atom. The number of carbonyl (C=O) groups is 3. The smallest absolute Gasteiger partial charge is 0.270 e. The van der Waals surface area contributed by atoms with E-state index in [0.717, 1.165) is 9.13 Å². The lowest BCUT2D eigenvalue weighted by atomic mass is 10.1. The van der Waals surface area contributed by atoms with Gasteiger partial charge in [0.25, 0.3) is 17.7 Å². The van der Waals surface area contributed by atoms with Crippen LogP contribution in [0.2, 0.25) is 0 Å². The Hall–Kier alpha value is -3.20. The molecule has 0 spiro atoms. The summed E-state index contributed by atoms with van der Waals surface area (Å²) in [6.45, 7) is 1.92. The molecule has 0 aliphatic heterocycles. The van der Waals surface area contributed by atoms with E-state index in [1.165, 1.54) is 0 Å². The zero-order chi connectivity index (χ0) is 20.8. The van der Waals surface area contributed by atoms with Crippen LogP contribution in [0.1, 0.15) is 36.6 Å². The van der Waals surface area contributed by atoms with Gasteiger partial charge in [0.1, 0.15) is 0 Å². The Bertz CT molecular complexity index is 1060. The van der Waals surface area contributed by atoms with Crippen LogP contribution in [0.3, 0.4) is 0 Å². The number of aryl methyl sites for hydroxylation is 1. The van der Waals surface area contributed by atoms with Crippen LogP contribution in [-0.4, -0.2) is 17.7 Å². The maximum absolute atomic E-state index is 12.3. The summed E-state index contributed by atoms with van der Waals surface area (Å²) in [5, 5.41) is 2.79. The summed E-state index contributed by atoms with van der Waals surface area (Å²) < 4.78 is 0.783. The summed E-state index contributed by atoms with van der Waals surface area (Å²) in [5.74, 6) is -1.08. The molecule has 6 nitrogen and oxygen atoms in total. The van der Waals surface area contributed by atoms with Crippen molar-refractivity contribution in [3.63, 3.8) is 0 Å². The van der Waals surface area contributed by atoms with Crippen molar-refractivity contribution in [3.8, 4) is 0 Å². The van der Waals surface area contributed by atoms with Gasteiger partial charge in [-0.25, -0.2) is 0 Å². The van der Waals surface area contributed by atoms with Crippen LogP contribution in [0, 0.1) is 10.5 Å². The first kappa shape index (κ1) is 20.5. The van der Waals surface area contributed by atoms with E-state index in [1.807, 2.05) is 25.1 Å². The highest BCUT2D eigenvalue weighted by Gasteiger charge is 2.12. The van der Waals surface area contributed by atoms with E-state index in [9.17, 15) is 14.4 Å². The molecule has 0 unspecified atom stereocenters. The Balaban J connectivity index is 1.58. The second-order valence-corrected chi connectivity index (χ2v) is 7.45. The first-order valence-electron chi connectivity index (χ1n) is 8.77. The monoisotopic (exact) mass is 499 g/mol. The minimum absolute atomic E-state index is 0.226. The molecule has 146 valence electrons.